The molecule has 0 radical (unpaired) electrons. The highest BCUT2D eigenvalue weighted by atomic mass is 16.5. The van der Waals surface area contributed by atoms with Crippen LogP contribution in [0.4, 0.5) is 0 Å². The number of nitrogens with one attached hydrogen (secondary N) is 1. The molecule has 0 aliphatic carbocycles. The molecular weight excluding hydrogens is 366 g/mol. The average molecular weight is 400 g/mol. The normalized spacial score (nSPS) is 24.7. The second kappa shape index (κ2) is 8.44. The first-order valence-electron chi connectivity index (χ1n) is 10.9. The van der Waals surface area contributed by atoms with Crippen LogP contribution in [0.1, 0.15) is 32.3 Å². The Balaban J connectivity index is 1.44. The van der Waals surface area contributed by atoms with E-state index in [9.17, 15) is 9.59 Å². The SMILES string of the molecule is CC(C)NC(=O)C1CN(Cc2ccccc2)CC12CN(C(=O)C1CCOCC1)C2. The molecule has 1 spiro atoms. The van der Waals surface area contributed by atoms with Gasteiger partial charge in [-0.25, -0.2) is 0 Å². The largest absolute Gasteiger partial charge is 0.381 e. The van der Waals surface area contributed by atoms with E-state index in [4.69, 9.17) is 4.74 Å². The van der Waals surface area contributed by atoms with E-state index >= 15 is 0 Å². The molecule has 1 aromatic rings. The van der Waals surface area contributed by atoms with Crippen LogP contribution in [-0.4, -0.2) is 67.0 Å². The van der Waals surface area contributed by atoms with Crippen molar-refractivity contribution in [1.82, 2.24) is 15.1 Å². The molecule has 6 nitrogen and oxygen atoms in total. The minimum absolute atomic E-state index is 0.0626. The van der Waals surface area contributed by atoms with Gasteiger partial charge in [-0.15, -0.1) is 0 Å². The Hall–Kier alpha value is -1.92. The number of hydrogen-bond acceptors (Lipinski definition) is 4. The summed E-state index contributed by atoms with van der Waals surface area (Å²) in [6, 6.07) is 10.5. The lowest BCUT2D eigenvalue weighted by Gasteiger charge is -2.51. The van der Waals surface area contributed by atoms with Crippen LogP contribution < -0.4 is 5.32 Å². The quantitative estimate of drug-likeness (QED) is 0.822. The van der Waals surface area contributed by atoms with Gasteiger partial charge in [-0.1, -0.05) is 30.3 Å². The zero-order valence-electron chi connectivity index (χ0n) is 17.6. The lowest BCUT2D eigenvalue weighted by Crippen LogP contribution is -2.65. The Bertz CT molecular complexity index is 724. The molecule has 3 heterocycles. The maximum absolute atomic E-state index is 13.0. The van der Waals surface area contributed by atoms with Crippen LogP contribution in [0.15, 0.2) is 30.3 Å². The number of amides is 2. The summed E-state index contributed by atoms with van der Waals surface area (Å²) in [4.78, 5) is 30.3. The highest BCUT2D eigenvalue weighted by Crippen LogP contribution is 2.45. The van der Waals surface area contributed by atoms with Crippen LogP contribution in [0.2, 0.25) is 0 Å². The number of carbonyl (C=O) groups excluding carboxylic acids is 2. The van der Waals surface area contributed by atoms with Crippen molar-refractivity contribution in [3.63, 3.8) is 0 Å². The molecule has 6 heteroatoms. The van der Waals surface area contributed by atoms with E-state index < -0.39 is 0 Å². The number of ether oxygens (including phenoxy) is 1. The Morgan fingerprint density at radius 3 is 2.48 bits per heavy atom. The first-order valence-corrected chi connectivity index (χ1v) is 10.9. The topological polar surface area (TPSA) is 61.9 Å². The lowest BCUT2D eigenvalue weighted by molar-refractivity contribution is -0.156. The van der Waals surface area contributed by atoms with E-state index in [0.717, 1.165) is 32.5 Å². The van der Waals surface area contributed by atoms with Gasteiger partial charge in [0, 0.05) is 63.3 Å². The molecule has 3 aliphatic rings. The second-order valence-electron chi connectivity index (χ2n) is 9.31. The van der Waals surface area contributed by atoms with E-state index in [1.54, 1.807) is 0 Å². The molecular formula is C23H33N3O3. The smallest absolute Gasteiger partial charge is 0.225 e. The van der Waals surface area contributed by atoms with Crippen molar-refractivity contribution < 1.29 is 14.3 Å². The van der Waals surface area contributed by atoms with Crippen molar-refractivity contribution in [3.8, 4) is 0 Å². The average Bonchev–Trinajstić information content (AvgIpc) is 3.07. The molecule has 1 unspecified atom stereocenters. The van der Waals surface area contributed by atoms with Crippen LogP contribution >= 0.6 is 0 Å². The second-order valence-corrected chi connectivity index (χ2v) is 9.31. The Morgan fingerprint density at radius 1 is 1.14 bits per heavy atom. The van der Waals surface area contributed by atoms with Gasteiger partial charge in [0.25, 0.3) is 0 Å². The first kappa shape index (κ1) is 20.4. The summed E-state index contributed by atoms with van der Waals surface area (Å²) in [6.07, 6.45) is 1.64. The number of carbonyl (C=O) groups is 2. The summed E-state index contributed by atoms with van der Waals surface area (Å²) in [5, 5.41) is 3.11. The molecule has 0 bridgehead atoms. The summed E-state index contributed by atoms with van der Waals surface area (Å²) in [5.41, 5.74) is 1.15. The van der Waals surface area contributed by atoms with Crippen molar-refractivity contribution >= 4 is 11.8 Å². The molecule has 0 saturated carbocycles. The zero-order chi connectivity index (χ0) is 20.4. The number of rotatable bonds is 5. The monoisotopic (exact) mass is 399 g/mol. The van der Waals surface area contributed by atoms with Gasteiger partial charge in [0.05, 0.1) is 5.92 Å². The third kappa shape index (κ3) is 4.33. The minimum Gasteiger partial charge on any atom is -0.381 e. The van der Waals surface area contributed by atoms with Gasteiger partial charge in [0.15, 0.2) is 0 Å². The first-order chi connectivity index (χ1) is 14.0. The van der Waals surface area contributed by atoms with Crippen molar-refractivity contribution in [2.24, 2.45) is 17.3 Å². The van der Waals surface area contributed by atoms with Gasteiger partial charge in [0.2, 0.25) is 11.8 Å². The van der Waals surface area contributed by atoms with Gasteiger partial charge in [-0.2, -0.15) is 0 Å². The summed E-state index contributed by atoms with van der Waals surface area (Å²) in [5.74, 6) is 0.412. The van der Waals surface area contributed by atoms with Gasteiger partial charge in [-0.3, -0.25) is 14.5 Å². The third-order valence-electron chi connectivity index (χ3n) is 6.61. The summed E-state index contributed by atoms with van der Waals surface area (Å²) in [6.45, 7) is 9.24. The highest BCUT2D eigenvalue weighted by Gasteiger charge is 2.58. The van der Waals surface area contributed by atoms with Crippen molar-refractivity contribution in [1.29, 1.82) is 0 Å². The van der Waals surface area contributed by atoms with E-state index in [1.165, 1.54) is 5.56 Å². The van der Waals surface area contributed by atoms with E-state index in [-0.39, 0.29) is 35.1 Å². The van der Waals surface area contributed by atoms with E-state index in [1.807, 2.05) is 24.8 Å². The van der Waals surface area contributed by atoms with E-state index in [2.05, 4.69) is 34.5 Å². The fourth-order valence-electron chi connectivity index (χ4n) is 5.17. The molecule has 1 atom stereocenters. The van der Waals surface area contributed by atoms with Crippen molar-refractivity contribution in [2.45, 2.75) is 39.3 Å². The molecule has 1 aromatic carbocycles. The maximum atomic E-state index is 13.0. The lowest BCUT2D eigenvalue weighted by atomic mass is 9.70. The van der Waals surface area contributed by atoms with Crippen molar-refractivity contribution in [3.05, 3.63) is 35.9 Å². The molecule has 0 aromatic heterocycles. The summed E-state index contributed by atoms with van der Waals surface area (Å²) >= 11 is 0. The molecule has 1 N–H and O–H groups in total. The molecule has 158 valence electrons. The highest BCUT2D eigenvalue weighted by molar-refractivity contribution is 5.83. The van der Waals surface area contributed by atoms with Gasteiger partial charge in [0.1, 0.15) is 0 Å². The fourth-order valence-corrected chi connectivity index (χ4v) is 5.17. The van der Waals surface area contributed by atoms with Crippen LogP contribution in [0.5, 0.6) is 0 Å². The predicted octanol–water partition coefficient (Wildman–Crippen LogP) is 1.90. The standard InChI is InChI=1S/C23H33N3O3/c1-17(2)24-21(27)20-13-25(12-18-6-4-3-5-7-18)14-23(20)15-26(16-23)22(28)19-8-10-29-11-9-19/h3-7,17,19-20H,8-16H2,1-2H3,(H,24,27). The summed E-state index contributed by atoms with van der Waals surface area (Å²) < 4.78 is 5.40. The number of benzene rings is 1. The van der Waals surface area contributed by atoms with Crippen molar-refractivity contribution in [2.75, 3.05) is 39.4 Å². The predicted molar refractivity (Wildman–Crippen MR) is 111 cm³/mol. The van der Waals surface area contributed by atoms with E-state index in [0.29, 0.717) is 26.3 Å². The third-order valence-corrected chi connectivity index (χ3v) is 6.61. The van der Waals surface area contributed by atoms with Gasteiger partial charge in [-0.05, 0) is 32.3 Å². The summed E-state index contributed by atoms with van der Waals surface area (Å²) in [7, 11) is 0. The molecule has 3 aliphatic heterocycles. The minimum atomic E-state index is -0.116. The number of likely N-dealkylation sites (tertiary alicyclic amines) is 2. The van der Waals surface area contributed by atoms with Gasteiger partial charge >= 0.3 is 0 Å². The van der Waals surface area contributed by atoms with Crippen LogP contribution in [0.25, 0.3) is 0 Å². The molecule has 4 rings (SSSR count). The fraction of sp³-hybridized carbons (Fsp3) is 0.652. The number of nitrogens with zero attached hydrogens (tertiary/aromatic N) is 2. The number of hydrogen-bond donors (Lipinski definition) is 1. The van der Waals surface area contributed by atoms with Crippen LogP contribution in [0.3, 0.4) is 0 Å². The molecule has 3 saturated heterocycles. The Morgan fingerprint density at radius 2 is 1.83 bits per heavy atom. The molecule has 29 heavy (non-hydrogen) atoms. The Kier molecular flexibility index (Phi) is 5.93. The molecule has 3 fully saturated rings. The van der Waals surface area contributed by atoms with Gasteiger partial charge < -0.3 is 15.0 Å². The van der Waals surface area contributed by atoms with Crippen LogP contribution in [-0.2, 0) is 20.9 Å². The maximum Gasteiger partial charge on any atom is 0.225 e. The zero-order valence-corrected chi connectivity index (χ0v) is 17.6. The molecule has 2 amide bonds. The van der Waals surface area contributed by atoms with Crippen LogP contribution in [0, 0.1) is 17.3 Å². The Labute approximate surface area is 173 Å².